The summed E-state index contributed by atoms with van der Waals surface area (Å²) in [6, 6.07) is 23.7. The van der Waals surface area contributed by atoms with Crippen molar-refractivity contribution >= 4 is 22.6 Å². The topological polar surface area (TPSA) is 73.3 Å². The van der Waals surface area contributed by atoms with Crippen LogP contribution in [0.25, 0.3) is 11.3 Å². The average Bonchev–Trinajstić information content (AvgIpc) is 2.65. The summed E-state index contributed by atoms with van der Waals surface area (Å²) in [5.74, 6) is 0.667. The molecule has 4 rings (SSSR count). The second-order valence-corrected chi connectivity index (χ2v) is 5.63. The number of benzene rings is 3. The van der Waals surface area contributed by atoms with Gasteiger partial charge in [0.15, 0.2) is 5.75 Å². The summed E-state index contributed by atoms with van der Waals surface area (Å²) in [5.41, 5.74) is 21.2. The molecule has 0 amide bonds. The van der Waals surface area contributed by atoms with Gasteiger partial charge in [0.05, 0.1) is 22.6 Å². The summed E-state index contributed by atoms with van der Waals surface area (Å²) < 4.78 is 0. The van der Waals surface area contributed by atoms with E-state index in [-0.39, 0.29) is 0 Å². The predicted molar refractivity (Wildman–Crippen MR) is 97.8 cm³/mol. The van der Waals surface area contributed by atoms with E-state index in [9.17, 15) is 0 Å². The van der Waals surface area contributed by atoms with E-state index in [2.05, 4.69) is 17.6 Å². The molecule has 4 heteroatoms. The van der Waals surface area contributed by atoms with Crippen LogP contribution in [0.1, 0.15) is 16.7 Å². The van der Waals surface area contributed by atoms with Gasteiger partial charge in [-0.3, -0.25) is 0 Å². The molecule has 5 N–H and O–H groups in total. The van der Waals surface area contributed by atoms with E-state index in [1.54, 1.807) is 6.07 Å². The standard InChI is InChI=1S/C20H17N3O/c21-15-11-12-16-18(19(15)22)17(13-7-3-1-4-8-13)20(23-24-16)14-9-5-2-6-10-14/h1-12,23H,21-22H2. The quantitative estimate of drug-likeness (QED) is 0.631. The number of nitrogens with one attached hydrogen (secondary N) is 1. The van der Waals surface area contributed by atoms with E-state index < -0.39 is 0 Å². The third kappa shape index (κ3) is 2.25. The third-order valence-electron chi connectivity index (χ3n) is 4.13. The van der Waals surface area contributed by atoms with Crippen molar-refractivity contribution in [3.8, 4) is 5.75 Å². The number of hydrogen-bond acceptors (Lipinski definition) is 4. The molecule has 0 atom stereocenters. The Labute approximate surface area is 140 Å². The summed E-state index contributed by atoms with van der Waals surface area (Å²) in [4.78, 5) is 5.73. The number of hydrogen-bond donors (Lipinski definition) is 3. The first-order valence-electron chi connectivity index (χ1n) is 7.72. The van der Waals surface area contributed by atoms with Gasteiger partial charge in [0.25, 0.3) is 0 Å². The van der Waals surface area contributed by atoms with E-state index >= 15 is 0 Å². The van der Waals surface area contributed by atoms with Gasteiger partial charge in [0.2, 0.25) is 0 Å². The lowest BCUT2D eigenvalue weighted by Crippen LogP contribution is -2.24. The lowest BCUT2D eigenvalue weighted by Gasteiger charge is -2.27. The number of hydroxylamine groups is 1. The van der Waals surface area contributed by atoms with Gasteiger partial charge in [-0.2, -0.15) is 0 Å². The van der Waals surface area contributed by atoms with Crippen LogP contribution in [0.5, 0.6) is 5.75 Å². The van der Waals surface area contributed by atoms with Crippen molar-refractivity contribution in [2.24, 2.45) is 0 Å². The Hall–Kier alpha value is -3.40. The first-order valence-corrected chi connectivity index (χ1v) is 7.72. The van der Waals surface area contributed by atoms with Gasteiger partial charge < -0.3 is 16.3 Å². The summed E-state index contributed by atoms with van der Waals surface area (Å²) in [6.45, 7) is 0. The van der Waals surface area contributed by atoms with E-state index in [1.165, 1.54) is 0 Å². The van der Waals surface area contributed by atoms with Crippen LogP contribution in [-0.4, -0.2) is 0 Å². The van der Waals surface area contributed by atoms with Crippen LogP contribution in [0.3, 0.4) is 0 Å². The molecule has 0 spiro atoms. The highest BCUT2D eigenvalue weighted by Gasteiger charge is 2.25. The Morgan fingerprint density at radius 3 is 2.00 bits per heavy atom. The number of anilines is 2. The number of fused-ring (bicyclic) bond motifs is 1. The van der Waals surface area contributed by atoms with Gasteiger partial charge >= 0.3 is 0 Å². The Kier molecular flexibility index (Phi) is 3.35. The minimum atomic E-state index is 0.529. The lowest BCUT2D eigenvalue weighted by atomic mass is 9.90. The van der Waals surface area contributed by atoms with Crippen LogP contribution in [-0.2, 0) is 0 Å². The van der Waals surface area contributed by atoms with Crippen molar-refractivity contribution in [2.45, 2.75) is 0 Å². The van der Waals surface area contributed by atoms with Crippen LogP contribution in [0.4, 0.5) is 11.4 Å². The van der Waals surface area contributed by atoms with Crippen LogP contribution in [0.15, 0.2) is 72.8 Å². The fourth-order valence-corrected chi connectivity index (χ4v) is 2.94. The van der Waals surface area contributed by atoms with Crippen molar-refractivity contribution in [3.05, 3.63) is 89.5 Å². The molecule has 0 aliphatic carbocycles. The first-order chi connectivity index (χ1) is 11.8. The van der Waals surface area contributed by atoms with Crippen molar-refractivity contribution < 1.29 is 4.84 Å². The van der Waals surface area contributed by atoms with Crippen molar-refractivity contribution in [1.82, 2.24) is 5.48 Å². The normalized spacial score (nSPS) is 13.0. The van der Waals surface area contributed by atoms with Crippen molar-refractivity contribution in [2.75, 3.05) is 11.5 Å². The summed E-state index contributed by atoms with van der Waals surface area (Å²) in [6.07, 6.45) is 0. The molecule has 4 nitrogen and oxygen atoms in total. The van der Waals surface area contributed by atoms with Gasteiger partial charge in [-0.1, -0.05) is 60.7 Å². The molecule has 3 aromatic carbocycles. The number of nitrogen functional groups attached to an aromatic ring is 2. The average molecular weight is 315 g/mol. The Morgan fingerprint density at radius 2 is 1.33 bits per heavy atom. The fraction of sp³-hybridized carbons (Fsp3) is 0. The zero-order valence-corrected chi connectivity index (χ0v) is 13.0. The largest absolute Gasteiger partial charge is 0.397 e. The highest BCUT2D eigenvalue weighted by atomic mass is 16.6. The monoisotopic (exact) mass is 315 g/mol. The van der Waals surface area contributed by atoms with E-state index in [0.717, 1.165) is 28.0 Å². The minimum absolute atomic E-state index is 0.529. The molecule has 1 aliphatic heterocycles. The van der Waals surface area contributed by atoms with Crippen LogP contribution in [0.2, 0.25) is 0 Å². The van der Waals surface area contributed by atoms with E-state index in [0.29, 0.717) is 17.1 Å². The maximum Gasteiger partial charge on any atom is 0.165 e. The molecule has 118 valence electrons. The molecule has 3 aromatic rings. The second kappa shape index (κ2) is 5.66. The molecule has 0 saturated carbocycles. The van der Waals surface area contributed by atoms with Crippen LogP contribution < -0.4 is 21.8 Å². The Bertz CT molecular complexity index is 918. The predicted octanol–water partition coefficient (Wildman–Crippen LogP) is 3.66. The first kappa shape index (κ1) is 14.2. The van der Waals surface area contributed by atoms with Crippen molar-refractivity contribution in [3.63, 3.8) is 0 Å². The molecule has 0 radical (unpaired) electrons. The zero-order chi connectivity index (χ0) is 16.5. The Morgan fingerprint density at radius 1 is 0.708 bits per heavy atom. The van der Waals surface area contributed by atoms with Gasteiger partial charge in [0.1, 0.15) is 0 Å². The van der Waals surface area contributed by atoms with Gasteiger partial charge in [-0.05, 0) is 17.7 Å². The molecule has 1 aliphatic rings. The SMILES string of the molecule is Nc1ccc2c(c1N)C(c1ccccc1)=C(c1ccccc1)NO2. The fourth-order valence-electron chi connectivity index (χ4n) is 2.94. The zero-order valence-electron chi connectivity index (χ0n) is 13.0. The third-order valence-corrected chi connectivity index (χ3v) is 4.13. The molecule has 0 fully saturated rings. The maximum absolute atomic E-state index is 6.30. The summed E-state index contributed by atoms with van der Waals surface area (Å²) in [5, 5.41) is 0. The smallest absolute Gasteiger partial charge is 0.165 e. The highest BCUT2D eigenvalue weighted by Crippen LogP contribution is 2.43. The second-order valence-electron chi connectivity index (χ2n) is 5.63. The molecule has 0 aromatic heterocycles. The maximum atomic E-state index is 6.30. The molecule has 1 heterocycles. The lowest BCUT2D eigenvalue weighted by molar-refractivity contribution is 0.248. The molecule has 0 saturated heterocycles. The number of nitrogens with two attached hydrogens (primary N) is 2. The number of rotatable bonds is 2. The molecule has 0 bridgehead atoms. The molecule has 24 heavy (non-hydrogen) atoms. The molecular weight excluding hydrogens is 298 g/mol. The highest BCUT2D eigenvalue weighted by molar-refractivity contribution is 6.04. The minimum Gasteiger partial charge on any atom is -0.397 e. The van der Waals surface area contributed by atoms with E-state index in [4.69, 9.17) is 16.3 Å². The van der Waals surface area contributed by atoms with Gasteiger partial charge in [-0.15, -0.1) is 0 Å². The molecular formula is C20H17N3O. The molecule has 0 unspecified atom stereocenters. The van der Waals surface area contributed by atoms with Gasteiger partial charge in [-0.25, -0.2) is 5.48 Å². The van der Waals surface area contributed by atoms with Crippen molar-refractivity contribution in [1.29, 1.82) is 0 Å². The summed E-state index contributed by atoms with van der Waals surface area (Å²) in [7, 11) is 0. The van der Waals surface area contributed by atoms with Gasteiger partial charge in [0, 0.05) is 11.1 Å². The summed E-state index contributed by atoms with van der Waals surface area (Å²) >= 11 is 0. The van der Waals surface area contributed by atoms with Crippen LogP contribution in [0, 0.1) is 0 Å². The van der Waals surface area contributed by atoms with E-state index in [1.807, 2.05) is 54.6 Å². The Balaban J connectivity index is 2.06. The van der Waals surface area contributed by atoms with Crippen LogP contribution >= 0.6 is 0 Å².